The molecule has 3 nitrogen and oxygen atoms in total. The molecule has 0 N–H and O–H groups in total. The number of nitrogens with zero attached hydrogens (tertiary/aromatic N) is 1. The summed E-state index contributed by atoms with van der Waals surface area (Å²) in [5.41, 5.74) is 0. The molecule has 0 bridgehead atoms. The second-order valence-electron chi connectivity index (χ2n) is 10.9. The van der Waals surface area contributed by atoms with E-state index in [1.165, 1.54) is 166 Å². The predicted octanol–water partition coefficient (Wildman–Crippen LogP) is 8.83. The zero-order valence-corrected chi connectivity index (χ0v) is 24.4. The van der Waals surface area contributed by atoms with Gasteiger partial charge in [0.15, 0.2) is 0 Å². The number of carboxylic acid groups (broad SMARTS) is 1. The molecule has 0 unspecified atom stereocenters. The summed E-state index contributed by atoms with van der Waals surface area (Å²) in [5.74, 6) is -0.995. The molecule has 0 saturated heterocycles. The van der Waals surface area contributed by atoms with Crippen molar-refractivity contribution >= 4 is 5.97 Å². The van der Waals surface area contributed by atoms with Gasteiger partial charge in [-0.25, -0.2) is 0 Å². The lowest BCUT2D eigenvalue weighted by molar-refractivity contribution is -0.910. The lowest BCUT2D eigenvalue weighted by atomic mass is 10.1. The molecule has 0 fully saturated rings. The largest absolute Gasteiger partial charge is 0.550 e. The molecule has 0 rings (SSSR count). The monoisotopic (exact) mass is 484 g/mol. The fourth-order valence-electron chi connectivity index (χ4n) is 4.69. The second kappa shape index (κ2) is 28.7. The van der Waals surface area contributed by atoms with Crippen LogP contribution in [0.1, 0.15) is 169 Å². The number of unbranched alkanes of at least 4 members (excludes halogenated alkanes) is 18. The third kappa shape index (κ3) is 29.5. The molecular weight excluding hydrogens is 418 g/mol. The zero-order chi connectivity index (χ0) is 25.8. The minimum absolute atomic E-state index is 0.111. The van der Waals surface area contributed by atoms with Crippen molar-refractivity contribution in [2.24, 2.45) is 0 Å². The van der Waals surface area contributed by atoms with E-state index in [-0.39, 0.29) is 6.42 Å². The lowest BCUT2D eigenvalue weighted by Gasteiger charge is -2.35. The Kier molecular flexibility index (Phi) is 30.0. The Morgan fingerprint density at radius 2 is 0.676 bits per heavy atom. The molecule has 0 aliphatic carbocycles. The molecule has 0 aromatic carbocycles. The standard InChI is InChI=1S/C28H60N.C3H6O2/c1-5-8-11-14-17-20-23-26-29(4,27-24-21-18-15-12-9-6-2)28-25-22-19-16-13-10-7-3;1-2-3(4)5/h5-28H2,1-4H3;2H2,1H3,(H,4,5)/q+1;/p-1. The van der Waals surface area contributed by atoms with Gasteiger partial charge in [-0.1, -0.05) is 124 Å². The van der Waals surface area contributed by atoms with Gasteiger partial charge in [-0.3, -0.25) is 0 Å². The predicted molar refractivity (Wildman–Crippen MR) is 150 cm³/mol. The second-order valence-corrected chi connectivity index (χ2v) is 10.9. The number of hydrogen-bond acceptors (Lipinski definition) is 2. The topological polar surface area (TPSA) is 40.1 Å². The molecular formula is C31H65NO2. The fourth-order valence-corrected chi connectivity index (χ4v) is 4.69. The molecule has 0 radical (unpaired) electrons. The highest BCUT2D eigenvalue weighted by atomic mass is 16.4. The van der Waals surface area contributed by atoms with Crippen molar-refractivity contribution in [3.05, 3.63) is 0 Å². The Morgan fingerprint density at radius 3 is 0.882 bits per heavy atom. The Morgan fingerprint density at radius 1 is 0.471 bits per heavy atom. The summed E-state index contributed by atoms with van der Waals surface area (Å²) in [6, 6.07) is 0. The van der Waals surface area contributed by atoms with Gasteiger partial charge in [0.25, 0.3) is 0 Å². The highest BCUT2D eigenvalue weighted by molar-refractivity contribution is 5.63. The molecule has 0 atom stereocenters. The number of carbonyl (C=O) groups is 1. The van der Waals surface area contributed by atoms with Crippen LogP contribution in [0.2, 0.25) is 0 Å². The Bertz CT molecular complexity index is 351. The van der Waals surface area contributed by atoms with Crippen LogP contribution in [0.3, 0.4) is 0 Å². The molecule has 0 amide bonds. The van der Waals surface area contributed by atoms with Crippen molar-refractivity contribution in [3.63, 3.8) is 0 Å². The number of hydrogen-bond donors (Lipinski definition) is 0. The van der Waals surface area contributed by atoms with Crippen LogP contribution in [0.4, 0.5) is 0 Å². The summed E-state index contributed by atoms with van der Waals surface area (Å²) in [4.78, 5) is 9.26. The number of carbonyl (C=O) groups excluding carboxylic acids is 1. The molecule has 0 aliphatic heterocycles. The van der Waals surface area contributed by atoms with Gasteiger partial charge in [0.1, 0.15) is 0 Å². The molecule has 0 aromatic rings. The van der Waals surface area contributed by atoms with E-state index >= 15 is 0 Å². The van der Waals surface area contributed by atoms with Crippen LogP contribution >= 0.6 is 0 Å². The minimum Gasteiger partial charge on any atom is -0.550 e. The molecule has 0 spiro atoms. The summed E-state index contributed by atoms with van der Waals surface area (Å²) in [6.45, 7) is 12.8. The van der Waals surface area contributed by atoms with E-state index in [4.69, 9.17) is 0 Å². The van der Waals surface area contributed by atoms with E-state index in [1.807, 2.05) is 0 Å². The van der Waals surface area contributed by atoms with Gasteiger partial charge in [-0.15, -0.1) is 0 Å². The molecule has 0 heterocycles. The van der Waals surface area contributed by atoms with Crippen molar-refractivity contribution < 1.29 is 14.4 Å². The smallest absolute Gasteiger partial charge is 0.0784 e. The van der Waals surface area contributed by atoms with Gasteiger partial charge in [0, 0.05) is 5.97 Å². The van der Waals surface area contributed by atoms with E-state index in [0.717, 1.165) is 0 Å². The van der Waals surface area contributed by atoms with Gasteiger partial charge < -0.3 is 14.4 Å². The van der Waals surface area contributed by atoms with Gasteiger partial charge in [-0.2, -0.15) is 0 Å². The van der Waals surface area contributed by atoms with Crippen molar-refractivity contribution in [2.45, 2.75) is 169 Å². The average molecular weight is 484 g/mol. The molecule has 0 saturated carbocycles. The minimum atomic E-state index is -0.995. The molecule has 206 valence electrons. The molecule has 0 aliphatic rings. The molecule has 34 heavy (non-hydrogen) atoms. The van der Waals surface area contributed by atoms with Crippen LogP contribution in [-0.2, 0) is 4.79 Å². The maximum absolute atomic E-state index is 9.26. The summed E-state index contributed by atoms with van der Waals surface area (Å²) in [7, 11) is 2.57. The Labute approximate surface area is 216 Å². The third-order valence-corrected chi connectivity index (χ3v) is 7.19. The van der Waals surface area contributed by atoms with E-state index in [0.29, 0.717) is 0 Å². The summed E-state index contributed by atoms with van der Waals surface area (Å²) < 4.78 is 1.36. The maximum Gasteiger partial charge on any atom is 0.0784 e. The van der Waals surface area contributed by atoms with Crippen molar-refractivity contribution in [2.75, 3.05) is 26.7 Å². The Balaban J connectivity index is 0. The van der Waals surface area contributed by atoms with Crippen LogP contribution in [0.15, 0.2) is 0 Å². The average Bonchev–Trinajstić information content (AvgIpc) is 2.83. The number of carboxylic acids is 1. The van der Waals surface area contributed by atoms with Crippen molar-refractivity contribution in [1.82, 2.24) is 0 Å². The highest BCUT2D eigenvalue weighted by Crippen LogP contribution is 2.16. The first-order chi connectivity index (χ1) is 16.5. The van der Waals surface area contributed by atoms with E-state index in [9.17, 15) is 9.90 Å². The first-order valence-electron chi connectivity index (χ1n) is 15.5. The first-order valence-corrected chi connectivity index (χ1v) is 15.5. The normalized spacial score (nSPS) is 11.3. The van der Waals surface area contributed by atoms with E-state index in [1.54, 1.807) is 0 Å². The summed E-state index contributed by atoms with van der Waals surface area (Å²) >= 11 is 0. The maximum atomic E-state index is 9.26. The van der Waals surface area contributed by atoms with Crippen LogP contribution in [-0.4, -0.2) is 37.1 Å². The third-order valence-electron chi connectivity index (χ3n) is 7.19. The van der Waals surface area contributed by atoms with Crippen LogP contribution in [0.5, 0.6) is 0 Å². The van der Waals surface area contributed by atoms with Crippen molar-refractivity contribution in [3.8, 4) is 0 Å². The van der Waals surface area contributed by atoms with Gasteiger partial charge in [-0.05, 0) is 44.9 Å². The van der Waals surface area contributed by atoms with Crippen LogP contribution < -0.4 is 5.11 Å². The van der Waals surface area contributed by atoms with Gasteiger partial charge in [0.05, 0.1) is 26.7 Å². The van der Waals surface area contributed by atoms with Crippen LogP contribution in [0.25, 0.3) is 0 Å². The summed E-state index contributed by atoms with van der Waals surface area (Å²) in [6.07, 6.45) is 30.4. The highest BCUT2D eigenvalue weighted by Gasteiger charge is 2.20. The number of quaternary nitrogens is 1. The van der Waals surface area contributed by atoms with Gasteiger partial charge in [0.2, 0.25) is 0 Å². The Hall–Kier alpha value is -0.570. The van der Waals surface area contributed by atoms with E-state index < -0.39 is 5.97 Å². The van der Waals surface area contributed by atoms with Gasteiger partial charge >= 0.3 is 0 Å². The summed E-state index contributed by atoms with van der Waals surface area (Å²) in [5, 5.41) is 9.26. The zero-order valence-electron chi connectivity index (χ0n) is 24.4. The molecule has 0 aromatic heterocycles. The number of aliphatic carboxylic acids is 1. The SMILES string of the molecule is CCC(=O)[O-].CCCCCCCCC[N+](C)(CCCCCCCCC)CCCCCCCCC. The van der Waals surface area contributed by atoms with Crippen molar-refractivity contribution in [1.29, 1.82) is 0 Å². The quantitative estimate of drug-likeness (QED) is 0.0960. The lowest BCUT2D eigenvalue weighted by Crippen LogP contribution is -2.46. The first kappa shape index (κ1) is 35.6. The van der Waals surface area contributed by atoms with E-state index in [2.05, 4.69) is 27.8 Å². The fraction of sp³-hybridized carbons (Fsp3) is 0.968. The van der Waals surface area contributed by atoms with Crippen LogP contribution in [0, 0.1) is 0 Å². The number of rotatable bonds is 25. The molecule has 3 heteroatoms.